The Morgan fingerprint density at radius 3 is 2.89 bits per heavy atom. The molecule has 2 heterocycles. The van der Waals surface area contributed by atoms with Gasteiger partial charge in [-0.15, -0.1) is 0 Å². The summed E-state index contributed by atoms with van der Waals surface area (Å²) in [7, 11) is 0. The summed E-state index contributed by atoms with van der Waals surface area (Å²) in [5.74, 6) is 0. The van der Waals surface area contributed by atoms with E-state index in [2.05, 4.69) is 22.4 Å². The molecule has 0 bridgehead atoms. The van der Waals surface area contributed by atoms with E-state index in [0.717, 1.165) is 13.0 Å². The van der Waals surface area contributed by atoms with Gasteiger partial charge < -0.3 is 10.4 Å². The van der Waals surface area contributed by atoms with Gasteiger partial charge in [0.1, 0.15) is 11.3 Å². The Labute approximate surface area is 108 Å². The summed E-state index contributed by atoms with van der Waals surface area (Å²) in [5.41, 5.74) is 0.115. The number of piperidine rings is 1. The SMILES string of the molecule is C[C@@H]1CCC2(CN1)CC2n1ncc(C(C)(C)O)n1. The van der Waals surface area contributed by atoms with Crippen molar-refractivity contribution in [2.75, 3.05) is 6.54 Å². The molecule has 2 unspecified atom stereocenters. The van der Waals surface area contributed by atoms with Gasteiger partial charge >= 0.3 is 0 Å². The molecule has 1 aliphatic carbocycles. The van der Waals surface area contributed by atoms with Gasteiger partial charge in [0.2, 0.25) is 0 Å². The Hall–Kier alpha value is -0.940. The fourth-order valence-electron chi connectivity index (χ4n) is 2.89. The van der Waals surface area contributed by atoms with E-state index in [1.807, 2.05) is 4.80 Å². The highest BCUT2D eigenvalue weighted by molar-refractivity contribution is 5.10. The Balaban J connectivity index is 1.73. The van der Waals surface area contributed by atoms with Gasteiger partial charge in [-0.05, 0) is 40.0 Å². The summed E-state index contributed by atoms with van der Waals surface area (Å²) in [6, 6.07) is 1.04. The highest BCUT2D eigenvalue weighted by Crippen LogP contribution is 2.59. The standard InChI is InChI=1S/C13H22N4O/c1-9-4-5-13(8-14-9)6-11(13)17-15-7-10(16-17)12(2,3)18/h7,9,11,14,18H,4-6,8H2,1-3H3/t9-,11?,13?/m1/s1. The lowest BCUT2D eigenvalue weighted by atomic mass is 9.92. The largest absolute Gasteiger partial charge is 0.384 e. The minimum Gasteiger partial charge on any atom is -0.384 e. The van der Waals surface area contributed by atoms with Crippen LogP contribution in [-0.4, -0.2) is 32.7 Å². The molecule has 2 aliphatic rings. The molecule has 0 radical (unpaired) electrons. The van der Waals surface area contributed by atoms with Crippen molar-refractivity contribution in [3.8, 4) is 0 Å². The van der Waals surface area contributed by atoms with Crippen molar-refractivity contribution >= 4 is 0 Å². The van der Waals surface area contributed by atoms with Gasteiger partial charge in [0.25, 0.3) is 0 Å². The molecule has 1 aliphatic heterocycles. The van der Waals surface area contributed by atoms with Crippen LogP contribution in [0.3, 0.4) is 0 Å². The maximum Gasteiger partial charge on any atom is 0.114 e. The number of hydrogen-bond donors (Lipinski definition) is 2. The van der Waals surface area contributed by atoms with Crippen LogP contribution in [-0.2, 0) is 5.60 Å². The van der Waals surface area contributed by atoms with Gasteiger partial charge in [0, 0.05) is 18.0 Å². The summed E-state index contributed by atoms with van der Waals surface area (Å²) < 4.78 is 0. The second-order valence-corrected chi connectivity index (χ2v) is 6.51. The number of aliphatic hydroxyl groups is 1. The van der Waals surface area contributed by atoms with Crippen molar-refractivity contribution in [1.82, 2.24) is 20.3 Å². The lowest BCUT2D eigenvalue weighted by Gasteiger charge is -2.28. The van der Waals surface area contributed by atoms with E-state index in [1.165, 1.54) is 12.8 Å². The molecule has 1 aromatic rings. The number of aromatic nitrogens is 3. The highest BCUT2D eigenvalue weighted by atomic mass is 16.3. The average molecular weight is 250 g/mol. The molecule has 0 amide bonds. The predicted molar refractivity (Wildman–Crippen MR) is 68.1 cm³/mol. The minimum atomic E-state index is -0.903. The molecular formula is C13H22N4O. The molecule has 5 heteroatoms. The highest BCUT2D eigenvalue weighted by Gasteiger charge is 2.57. The minimum absolute atomic E-state index is 0.363. The van der Waals surface area contributed by atoms with E-state index in [-0.39, 0.29) is 0 Å². The van der Waals surface area contributed by atoms with Crippen molar-refractivity contribution in [2.24, 2.45) is 5.41 Å². The van der Waals surface area contributed by atoms with E-state index in [4.69, 9.17) is 0 Å². The van der Waals surface area contributed by atoms with E-state index in [1.54, 1.807) is 20.0 Å². The summed E-state index contributed by atoms with van der Waals surface area (Å²) in [6.45, 7) is 6.79. The molecule has 1 saturated heterocycles. The molecule has 3 rings (SSSR count). The fourth-order valence-corrected chi connectivity index (χ4v) is 2.89. The number of hydrogen-bond acceptors (Lipinski definition) is 4. The second kappa shape index (κ2) is 3.78. The van der Waals surface area contributed by atoms with Crippen LogP contribution in [0.15, 0.2) is 6.20 Å². The third-order valence-corrected chi connectivity index (χ3v) is 4.44. The van der Waals surface area contributed by atoms with E-state index >= 15 is 0 Å². The maximum absolute atomic E-state index is 9.91. The normalized spacial score (nSPS) is 36.0. The molecule has 1 spiro atoms. The number of nitrogens with one attached hydrogen (secondary N) is 1. The lowest BCUT2D eigenvalue weighted by molar-refractivity contribution is 0.0729. The van der Waals surface area contributed by atoms with E-state index in [0.29, 0.717) is 23.2 Å². The molecule has 5 nitrogen and oxygen atoms in total. The molecule has 2 fully saturated rings. The zero-order valence-electron chi connectivity index (χ0n) is 11.3. The smallest absolute Gasteiger partial charge is 0.114 e. The van der Waals surface area contributed by atoms with Gasteiger partial charge in [-0.2, -0.15) is 15.0 Å². The van der Waals surface area contributed by atoms with Crippen LogP contribution in [0, 0.1) is 5.41 Å². The van der Waals surface area contributed by atoms with Crippen molar-refractivity contribution in [2.45, 2.75) is 57.7 Å². The Bertz CT molecular complexity index is 440. The van der Waals surface area contributed by atoms with E-state index < -0.39 is 5.60 Å². The Kier molecular flexibility index (Phi) is 2.54. The van der Waals surface area contributed by atoms with Gasteiger partial charge in [0.15, 0.2) is 0 Å². The summed E-state index contributed by atoms with van der Waals surface area (Å²) in [4.78, 5) is 1.81. The van der Waals surface area contributed by atoms with Crippen LogP contribution < -0.4 is 5.32 Å². The van der Waals surface area contributed by atoms with Crippen LogP contribution in [0.2, 0.25) is 0 Å². The molecule has 1 saturated carbocycles. The first-order valence-corrected chi connectivity index (χ1v) is 6.79. The fraction of sp³-hybridized carbons (Fsp3) is 0.846. The zero-order valence-corrected chi connectivity index (χ0v) is 11.3. The predicted octanol–water partition coefficient (Wildman–Crippen LogP) is 1.21. The average Bonchev–Trinajstić information content (AvgIpc) is 2.76. The summed E-state index contributed by atoms with van der Waals surface area (Å²) >= 11 is 0. The topological polar surface area (TPSA) is 63.0 Å². The number of nitrogens with zero attached hydrogens (tertiary/aromatic N) is 3. The molecule has 2 N–H and O–H groups in total. The van der Waals surface area contributed by atoms with Crippen molar-refractivity contribution in [3.05, 3.63) is 11.9 Å². The zero-order chi connectivity index (χ0) is 13.0. The first kappa shape index (κ1) is 12.1. The molecule has 1 aromatic heterocycles. The van der Waals surface area contributed by atoms with Crippen LogP contribution in [0.5, 0.6) is 0 Å². The monoisotopic (exact) mass is 250 g/mol. The molecular weight excluding hydrogens is 228 g/mol. The van der Waals surface area contributed by atoms with Crippen LogP contribution >= 0.6 is 0 Å². The van der Waals surface area contributed by atoms with Gasteiger partial charge in [-0.3, -0.25) is 0 Å². The molecule has 18 heavy (non-hydrogen) atoms. The van der Waals surface area contributed by atoms with Gasteiger partial charge in [0.05, 0.1) is 12.2 Å². The number of rotatable bonds is 2. The third-order valence-electron chi connectivity index (χ3n) is 4.44. The van der Waals surface area contributed by atoms with Crippen LogP contribution in [0.1, 0.15) is 51.8 Å². The first-order chi connectivity index (χ1) is 8.41. The van der Waals surface area contributed by atoms with Crippen molar-refractivity contribution in [1.29, 1.82) is 0 Å². The molecule has 3 atom stereocenters. The summed E-state index contributed by atoms with van der Waals surface area (Å²) in [5, 5.41) is 22.2. The van der Waals surface area contributed by atoms with Gasteiger partial charge in [-0.25, -0.2) is 0 Å². The first-order valence-electron chi connectivity index (χ1n) is 6.79. The van der Waals surface area contributed by atoms with Crippen LogP contribution in [0.25, 0.3) is 0 Å². The van der Waals surface area contributed by atoms with Crippen molar-refractivity contribution in [3.63, 3.8) is 0 Å². The molecule has 100 valence electrons. The lowest BCUT2D eigenvalue weighted by Crippen LogP contribution is -2.39. The second-order valence-electron chi connectivity index (χ2n) is 6.51. The van der Waals surface area contributed by atoms with Crippen LogP contribution in [0.4, 0.5) is 0 Å². The molecule has 0 aromatic carbocycles. The summed E-state index contributed by atoms with van der Waals surface area (Å²) in [6.07, 6.45) is 5.33. The van der Waals surface area contributed by atoms with Crippen molar-refractivity contribution < 1.29 is 5.11 Å². The maximum atomic E-state index is 9.91. The Morgan fingerprint density at radius 1 is 1.56 bits per heavy atom. The van der Waals surface area contributed by atoms with Gasteiger partial charge in [-0.1, -0.05) is 0 Å². The third kappa shape index (κ3) is 1.95. The quantitative estimate of drug-likeness (QED) is 0.828. The Morgan fingerprint density at radius 2 is 2.33 bits per heavy atom. The van der Waals surface area contributed by atoms with E-state index in [9.17, 15) is 5.11 Å².